The predicted molar refractivity (Wildman–Crippen MR) is 154 cm³/mol. The minimum atomic E-state index is -0.511. The normalized spacial score (nSPS) is 13.7. The summed E-state index contributed by atoms with van der Waals surface area (Å²) in [5.74, 6) is 3.04. The van der Waals surface area contributed by atoms with Gasteiger partial charge in [-0.1, -0.05) is 12.1 Å². The van der Waals surface area contributed by atoms with Crippen LogP contribution in [0.3, 0.4) is 0 Å². The Hall–Kier alpha value is -6.11. The quantitative estimate of drug-likeness (QED) is 0.140. The van der Waals surface area contributed by atoms with Crippen LogP contribution in [0, 0.1) is 20.2 Å². The number of rotatable bonds is 9. The first kappa shape index (κ1) is 27.1. The van der Waals surface area contributed by atoms with Gasteiger partial charge in [0.2, 0.25) is 11.8 Å². The number of benzene rings is 2. The number of nitro groups is 2. The summed E-state index contributed by atoms with van der Waals surface area (Å²) in [5, 5.41) is 24.7. The first-order valence-corrected chi connectivity index (χ1v) is 13.1. The summed E-state index contributed by atoms with van der Waals surface area (Å²) in [5.41, 5.74) is 2.41. The van der Waals surface area contributed by atoms with Gasteiger partial charge >= 0.3 is 0 Å². The monoisotopic (exact) mass is 578 g/mol. The summed E-state index contributed by atoms with van der Waals surface area (Å²) in [6.45, 7) is 0. The molecule has 0 fully saturated rings. The number of aryl methyl sites for hydroxylation is 1. The standard InChI is InChI=1S/C30H22N6O7/c37-35(38)22-6-11-28(31-17-22)34-21-5-12-29(32-16-21)42-25-8-10-27-20(15-25)4-9-26(43-27)19-2-1-3-24(14-19)41-30-13-7-23(18-33-30)36(39)40/h1-3,5-8,10-18,26H,4,9H2,(H,31,34). The Morgan fingerprint density at radius 1 is 0.767 bits per heavy atom. The van der Waals surface area contributed by atoms with Crippen molar-refractivity contribution in [2.45, 2.75) is 18.9 Å². The van der Waals surface area contributed by atoms with Crippen LogP contribution in [0.25, 0.3) is 0 Å². The Labute approximate surface area is 244 Å². The summed E-state index contributed by atoms with van der Waals surface area (Å²) in [6, 6.07) is 22.3. The van der Waals surface area contributed by atoms with Gasteiger partial charge in [-0.05, 0) is 66.4 Å². The molecule has 0 bridgehead atoms. The fourth-order valence-corrected chi connectivity index (χ4v) is 4.45. The van der Waals surface area contributed by atoms with Crippen LogP contribution in [0.5, 0.6) is 29.0 Å². The molecule has 0 spiro atoms. The van der Waals surface area contributed by atoms with Crippen molar-refractivity contribution in [1.82, 2.24) is 15.0 Å². The summed E-state index contributed by atoms with van der Waals surface area (Å²) in [4.78, 5) is 33.0. The van der Waals surface area contributed by atoms with Crippen molar-refractivity contribution in [3.05, 3.63) is 129 Å². The maximum absolute atomic E-state index is 10.8. The Kier molecular flexibility index (Phi) is 7.42. The van der Waals surface area contributed by atoms with Crippen LogP contribution >= 0.6 is 0 Å². The van der Waals surface area contributed by atoms with E-state index >= 15 is 0 Å². The average Bonchev–Trinajstić information content (AvgIpc) is 3.02. The molecule has 13 nitrogen and oxygen atoms in total. The predicted octanol–water partition coefficient (Wildman–Crippen LogP) is 7.08. The van der Waals surface area contributed by atoms with E-state index in [9.17, 15) is 20.2 Å². The third kappa shape index (κ3) is 6.46. The number of ether oxygens (including phenoxy) is 3. The molecule has 0 radical (unpaired) electrons. The van der Waals surface area contributed by atoms with Crippen LogP contribution in [0.15, 0.2) is 97.5 Å². The number of nitrogens with one attached hydrogen (secondary N) is 1. The highest BCUT2D eigenvalue weighted by Gasteiger charge is 2.22. The third-order valence-corrected chi connectivity index (χ3v) is 6.55. The zero-order valence-electron chi connectivity index (χ0n) is 22.3. The second-order valence-corrected chi connectivity index (χ2v) is 9.47. The van der Waals surface area contributed by atoms with Gasteiger partial charge in [-0.25, -0.2) is 15.0 Å². The number of hydrogen-bond acceptors (Lipinski definition) is 11. The Morgan fingerprint density at radius 3 is 2.12 bits per heavy atom. The van der Waals surface area contributed by atoms with Gasteiger partial charge in [0.25, 0.3) is 11.4 Å². The molecular weight excluding hydrogens is 556 g/mol. The van der Waals surface area contributed by atoms with Crippen LogP contribution in [0.2, 0.25) is 0 Å². The van der Waals surface area contributed by atoms with Crippen LogP contribution in [0.1, 0.15) is 23.7 Å². The van der Waals surface area contributed by atoms with Crippen molar-refractivity contribution in [3.63, 3.8) is 0 Å². The molecule has 0 saturated heterocycles. The molecule has 0 amide bonds. The number of pyridine rings is 3. The third-order valence-electron chi connectivity index (χ3n) is 6.55. The van der Waals surface area contributed by atoms with Crippen molar-refractivity contribution < 1.29 is 24.1 Å². The zero-order valence-corrected chi connectivity index (χ0v) is 22.3. The molecule has 1 unspecified atom stereocenters. The van der Waals surface area contributed by atoms with Crippen molar-refractivity contribution in [2.24, 2.45) is 0 Å². The number of nitrogens with zero attached hydrogens (tertiary/aromatic N) is 5. The van der Waals surface area contributed by atoms with E-state index in [4.69, 9.17) is 14.2 Å². The number of anilines is 2. The van der Waals surface area contributed by atoms with E-state index in [2.05, 4.69) is 20.3 Å². The average molecular weight is 579 g/mol. The molecule has 1 aliphatic heterocycles. The van der Waals surface area contributed by atoms with E-state index in [1.54, 1.807) is 24.4 Å². The van der Waals surface area contributed by atoms with Gasteiger partial charge in [0.15, 0.2) is 0 Å². The van der Waals surface area contributed by atoms with Crippen molar-refractivity contribution in [2.75, 3.05) is 5.32 Å². The van der Waals surface area contributed by atoms with Gasteiger partial charge in [0, 0.05) is 24.3 Å². The van der Waals surface area contributed by atoms with Gasteiger partial charge in [-0.15, -0.1) is 0 Å². The second kappa shape index (κ2) is 11.8. The van der Waals surface area contributed by atoms with E-state index in [0.717, 1.165) is 35.9 Å². The molecule has 5 aromatic rings. The molecule has 1 atom stereocenters. The maximum atomic E-state index is 10.8. The zero-order chi connectivity index (χ0) is 29.8. The van der Waals surface area contributed by atoms with E-state index in [1.165, 1.54) is 30.5 Å². The van der Waals surface area contributed by atoms with Gasteiger partial charge in [0.1, 0.15) is 41.6 Å². The molecular formula is C30H22N6O7. The van der Waals surface area contributed by atoms with E-state index in [-0.39, 0.29) is 23.4 Å². The lowest BCUT2D eigenvalue weighted by atomic mass is 9.97. The Balaban J connectivity index is 1.07. The molecule has 43 heavy (non-hydrogen) atoms. The summed E-state index contributed by atoms with van der Waals surface area (Å²) < 4.78 is 18.0. The molecule has 6 rings (SSSR count). The Bertz CT molecular complexity index is 1780. The molecule has 4 heterocycles. The fourth-order valence-electron chi connectivity index (χ4n) is 4.45. The number of hydrogen-bond donors (Lipinski definition) is 1. The van der Waals surface area contributed by atoms with Crippen molar-refractivity contribution >= 4 is 22.9 Å². The summed E-state index contributed by atoms with van der Waals surface area (Å²) >= 11 is 0. The molecule has 13 heteroatoms. The van der Waals surface area contributed by atoms with E-state index < -0.39 is 9.85 Å². The molecule has 3 aromatic heterocycles. The summed E-state index contributed by atoms with van der Waals surface area (Å²) in [6.07, 6.45) is 5.25. The fraction of sp³-hybridized carbons (Fsp3) is 0.100. The van der Waals surface area contributed by atoms with E-state index in [0.29, 0.717) is 28.9 Å². The lowest BCUT2D eigenvalue weighted by molar-refractivity contribution is -0.385. The van der Waals surface area contributed by atoms with Crippen LogP contribution < -0.4 is 19.5 Å². The van der Waals surface area contributed by atoms with Crippen LogP contribution in [-0.2, 0) is 6.42 Å². The lowest BCUT2D eigenvalue weighted by Gasteiger charge is -2.27. The van der Waals surface area contributed by atoms with Gasteiger partial charge in [-0.3, -0.25) is 20.2 Å². The topological polar surface area (TPSA) is 165 Å². The smallest absolute Gasteiger partial charge is 0.287 e. The number of fused-ring (bicyclic) bond motifs is 1. The molecule has 214 valence electrons. The summed E-state index contributed by atoms with van der Waals surface area (Å²) in [7, 11) is 0. The van der Waals surface area contributed by atoms with E-state index in [1.807, 2.05) is 36.4 Å². The van der Waals surface area contributed by atoms with Crippen LogP contribution in [0.4, 0.5) is 22.9 Å². The van der Waals surface area contributed by atoms with Gasteiger partial charge in [-0.2, -0.15) is 0 Å². The molecule has 1 aliphatic rings. The SMILES string of the molecule is O=[N+]([O-])c1ccc(Nc2ccc(Oc3ccc4c(c3)CCC(c3cccc(Oc5ccc([N+](=O)[O-])cn5)c3)O4)nc2)nc1. The van der Waals surface area contributed by atoms with Gasteiger partial charge in [0.05, 0.1) is 21.7 Å². The minimum Gasteiger partial charge on any atom is -0.485 e. The van der Waals surface area contributed by atoms with Crippen molar-refractivity contribution in [1.29, 1.82) is 0 Å². The van der Waals surface area contributed by atoms with Crippen LogP contribution in [-0.4, -0.2) is 24.8 Å². The number of aromatic nitrogens is 3. The molecule has 1 N–H and O–H groups in total. The van der Waals surface area contributed by atoms with Crippen molar-refractivity contribution in [3.8, 4) is 29.0 Å². The van der Waals surface area contributed by atoms with Gasteiger partial charge < -0.3 is 19.5 Å². The Morgan fingerprint density at radius 2 is 1.47 bits per heavy atom. The maximum Gasteiger partial charge on any atom is 0.287 e. The first-order valence-electron chi connectivity index (χ1n) is 13.1. The molecule has 2 aromatic carbocycles. The largest absolute Gasteiger partial charge is 0.485 e. The lowest BCUT2D eigenvalue weighted by Crippen LogP contribution is -2.15. The molecule has 0 saturated carbocycles. The highest BCUT2D eigenvalue weighted by atomic mass is 16.6. The second-order valence-electron chi connectivity index (χ2n) is 9.47. The highest BCUT2D eigenvalue weighted by Crippen LogP contribution is 2.38. The minimum absolute atomic E-state index is 0.0863. The molecule has 0 aliphatic carbocycles. The highest BCUT2D eigenvalue weighted by molar-refractivity contribution is 5.56. The first-order chi connectivity index (χ1) is 20.9.